The summed E-state index contributed by atoms with van der Waals surface area (Å²) in [5, 5.41) is 8.50. The molecule has 0 amide bonds. The molecule has 5 heteroatoms. The van der Waals surface area contributed by atoms with E-state index in [0.29, 0.717) is 12.0 Å². The van der Waals surface area contributed by atoms with Crippen molar-refractivity contribution < 1.29 is 0 Å². The van der Waals surface area contributed by atoms with E-state index in [0.717, 1.165) is 29.6 Å². The van der Waals surface area contributed by atoms with Gasteiger partial charge in [-0.2, -0.15) is 0 Å². The van der Waals surface area contributed by atoms with Gasteiger partial charge in [0, 0.05) is 46.0 Å². The lowest BCUT2D eigenvalue weighted by Gasteiger charge is -2.46. The molecule has 0 radical (unpaired) electrons. The summed E-state index contributed by atoms with van der Waals surface area (Å²) in [5.41, 5.74) is 4.61. The molecular formula is C22H29N5. The third-order valence-corrected chi connectivity index (χ3v) is 5.29. The SMILES string of the molecule is Cc1ccc2[nH]cc(-c3ccnc(NC4CC(C)(C)NC(C)(C)C4)n3)c2c1. The van der Waals surface area contributed by atoms with Crippen molar-refractivity contribution in [3.05, 3.63) is 42.2 Å². The molecule has 0 atom stereocenters. The van der Waals surface area contributed by atoms with E-state index in [1.807, 2.05) is 18.5 Å². The van der Waals surface area contributed by atoms with Gasteiger partial charge in [0.1, 0.15) is 0 Å². The molecule has 5 nitrogen and oxygen atoms in total. The number of rotatable bonds is 3. The number of hydrogen-bond donors (Lipinski definition) is 3. The zero-order valence-corrected chi connectivity index (χ0v) is 16.9. The Morgan fingerprint density at radius 3 is 2.56 bits per heavy atom. The van der Waals surface area contributed by atoms with Crippen LogP contribution < -0.4 is 10.6 Å². The Hall–Kier alpha value is -2.40. The molecule has 0 saturated carbocycles. The minimum absolute atomic E-state index is 0.0887. The first-order valence-corrected chi connectivity index (χ1v) is 9.68. The molecule has 0 bridgehead atoms. The van der Waals surface area contributed by atoms with Crippen LogP contribution in [0.4, 0.5) is 5.95 Å². The number of aryl methyl sites for hydroxylation is 1. The fourth-order valence-electron chi connectivity index (χ4n) is 4.63. The number of aromatic nitrogens is 3. The first-order valence-electron chi connectivity index (χ1n) is 9.68. The van der Waals surface area contributed by atoms with Crippen molar-refractivity contribution in [1.82, 2.24) is 20.3 Å². The lowest BCUT2D eigenvalue weighted by molar-refractivity contribution is 0.170. The topological polar surface area (TPSA) is 65.6 Å². The first kappa shape index (κ1) is 18.0. The molecule has 3 N–H and O–H groups in total. The van der Waals surface area contributed by atoms with Crippen LogP contribution in [0.3, 0.4) is 0 Å². The maximum absolute atomic E-state index is 4.82. The number of aromatic amines is 1. The van der Waals surface area contributed by atoms with E-state index in [4.69, 9.17) is 4.98 Å². The quantitative estimate of drug-likeness (QED) is 0.633. The second-order valence-corrected chi connectivity index (χ2v) is 9.16. The highest BCUT2D eigenvalue weighted by atomic mass is 15.1. The number of hydrogen-bond acceptors (Lipinski definition) is 4. The van der Waals surface area contributed by atoms with Crippen LogP contribution in [0.15, 0.2) is 36.7 Å². The van der Waals surface area contributed by atoms with Crippen molar-refractivity contribution in [2.45, 2.75) is 64.6 Å². The van der Waals surface area contributed by atoms with Gasteiger partial charge < -0.3 is 15.6 Å². The van der Waals surface area contributed by atoms with Gasteiger partial charge in [-0.1, -0.05) is 11.6 Å². The van der Waals surface area contributed by atoms with Crippen molar-refractivity contribution >= 4 is 16.9 Å². The average Bonchev–Trinajstić information content (AvgIpc) is 2.95. The third-order valence-electron chi connectivity index (χ3n) is 5.29. The zero-order valence-electron chi connectivity index (χ0n) is 16.9. The van der Waals surface area contributed by atoms with Crippen LogP contribution in [0.5, 0.6) is 0 Å². The van der Waals surface area contributed by atoms with E-state index in [1.54, 1.807) is 0 Å². The Kier molecular flexibility index (Phi) is 4.22. The van der Waals surface area contributed by atoms with Crippen LogP contribution in [0.2, 0.25) is 0 Å². The van der Waals surface area contributed by atoms with Crippen molar-refractivity contribution in [3.63, 3.8) is 0 Å². The summed E-state index contributed by atoms with van der Waals surface area (Å²) >= 11 is 0. The summed E-state index contributed by atoms with van der Waals surface area (Å²) in [4.78, 5) is 12.7. The van der Waals surface area contributed by atoms with E-state index in [9.17, 15) is 0 Å². The number of nitrogens with zero attached hydrogens (tertiary/aromatic N) is 2. The molecule has 3 heterocycles. The maximum atomic E-state index is 4.82. The molecule has 1 saturated heterocycles. The molecule has 1 fully saturated rings. The molecule has 0 aliphatic carbocycles. The summed E-state index contributed by atoms with van der Waals surface area (Å²) < 4.78 is 0. The first-order chi connectivity index (χ1) is 12.7. The van der Waals surface area contributed by atoms with E-state index in [2.05, 4.69) is 73.4 Å². The highest BCUT2D eigenvalue weighted by molar-refractivity contribution is 5.95. The predicted octanol–water partition coefficient (Wildman–Crippen LogP) is 4.65. The van der Waals surface area contributed by atoms with Crippen molar-refractivity contribution in [3.8, 4) is 11.3 Å². The fourth-order valence-corrected chi connectivity index (χ4v) is 4.63. The zero-order chi connectivity index (χ0) is 19.2. The van der Waals surface area contributed by atoms with E-state index in [1.165, 1.54) is 10.9 Å². The molecule has 1 aliphatic heterocycles. The van der Waals surface area contributed by atoms with E-state index >= 15 is 0 Å². The molecule has 3 aromatic rings. The van der Waals surface area contributed by atoms with Crippen LogP contribution in [0.1, 0.15) is 46.1 Å². The van der Waals surface area contributed by atoms with Crippen LogP contribution in [0.25, 0.3) is 22.2 Å². The molecule has 1 aromatic carbocycles. The van der Waals surface area contributed by atoms with Gasteiger partial charge in [-0.25, -0.2) is 9.97 Å². The van der Waals surface area contributed by atoms with Crippen LogP contribution in [-0.4, -0.2) is 32.1 Å². The lowest BCUT2D eigenvalue weighted by atomic mass is 9.80. The predicted molar refractivity (Wildman–Crippen MR) is 112 cm³/mol. The van der Waals surface area contributed by atoms with Crippen molar-refractivity contribution in [1.29, 1.82) is 0 Å². The second kappa shape index (κ2) is 6.34. The average molecular weight is 364 g/mol. The monoisotopic (exact) mass is 363 g/mol. The molecule has 142 valence electrons. The van der Waals surface area contributed by atoms with Crippen molar-refractivity contribution in [2.75, 3.05) is 5.32 Å². The second-order valence-electron chi connectivity index (χ2n) is 9.16. The summed E-state index contributed by atoms with van der Waals surface area (Å²) in [7, 11) is 0. The standard InChI is InChI=1S/C22H29N5/c1-14-6-7-18-16(10-14)17(13-24-18)19-8-9-23-20(26-19)25-15-11-21(2,3)27-22(4,5)12-15/h6-10,13,15,24,27H,11-12H2,1-5H3,(H,23,25,26). The number of benzene rings is 1. The fraction of sp³-hybridized carbons (Fsp3) is 0.455. The number of piperidine rings is 1. The minimum atomic E-state index is 0.0887. The van der Waals surface area contributed by atoms with Gasteiger partial charge >= 0.3 is 0 Å². The van der Waals surface area contributed by atoms with Gasteiger partial charge in [0.2, 0.25) is 5.95 Å². The van der Waals surface area contributed by atoms with Crippen LogP contribution in [-0.2, 0) is 0 Å². The van der Waals surface area contributed by atoms with Gasteiger partial charge in [0.05, 0.1) is 5.69 Å². The Bertz CT molecular complexity index is 954. The van der Waals surface area contributed by atoms with Crippen LogP contribution in [0, 0.1) is 6.92 Å². The van der Waals surface area contributed by atoms with Crippen LogP contribution >= 0.6 is 0 Å². The van der Waals surface area contributed by atoms with Crippen molar-refractivity contribution in [2.24, 2.45) is 0 Å². The lowest BCUT2D eigenvalue weighted by Crippen LogP contribution is -2.60. The number of H-pyrrole nitrogens is 1. The Morgan fingerprint density at radius 1 is 1.07 bits per heavy atom. The molecule has 1 aliphatic rings. The summed E-state index contributed by atoms with van der Waals surface area (Å²) in [6.45, 7) is 11.1. The van der Waals surface area contributed by atoms with Gasteiger partial charge in [-0.05, 0) is 65.7 Å². The van der Waals surface area contributed by atoms with E-state index < -0.39 is 0 Å². The Morgan fingerprint density at radius 2 is 1.81 bits per heavy atom. The Balaban J connectivity index is 1.62. The van der Waals surface area contributed by atoms with Gasteiger partial charge in [-0.3, -0.25) is 0 Å². The summed E-state index contributed by atoms with van der Waals surface area (Å²) in [5.74, 6) is 0.702. The number of anilines is 1. The van der Waals surface area contributed by atoms with Gasteiger partial charge in [0.25, 0.3) is 0 Å². The molecule has 4 rings (SSSR count). The number of nitrogens with one attached hydrogen (secondary N) is 3. The minimum Gasteiger partial charge on any atom is -0.360 e. The third kappa shape index (κ3) is 3.83. The van der Waals surface area contributed by atoms with Gasteiger partial charge in [-0.15, -0.1) is 0 Å². The highest BCUT2D eigenvalue weighted by Crippen LogP contribution is 2.31. The summed E-state index contributed by atoms with van der Waals surface area (Å²) in [6.07, 6.45) is 5.95. The normalized spacial score (nSPS) is 19.3. The largest absolute Gasteiger partial charge is 0.360 e. The highest BCUT2D eigenvalue weighted by Gasteiger charge is 2.37. The maximum Gasteiger partial charge on any atom is 0.223 e. The molecule has 27 heavy (non-hydrogen) atoms. The van der Waals surface area contributed by atoms with E-state index in [-0.39, 0.29) is 11.1 Å². The molecule has 2 aromatic heterocycles. The van der Waals surface area contributed by atoms with Gasteiger partial charge in [0.15, 0.2) is 0 Å². The molecule has 0 spiro atoms. The Labute approximate surface area is 161 Å². The smallest absolute Gasteiger partial charge is 0.223 e. The molecular weight excluding hydrogens is 334 g/mol. The summed E-state index contributed by atoms with van der Waals surface area (Å²) in [6, 6.07) is 8.77. The number of fused-ring (bicyclic) bond motifs is 1. The molecule has 0 unspecified atom stereocenters.